The van der Waals surface area contributed by atoms with E-state index in [0.29, 0.717) is 28.9 Å². The normalized spacial score (nSPS) is 15.3. The van der Waals surface area contributed by atoms with Gasteiger partial charge in [-0.05, 0) is 32.0 Å². The van der Waals surface area contributed by atoms with Gasteiger partial charge < -0.3 is 14.7 Å². The number of amides is 1. The molecule has 0 saturated carbocycles. The highest BCUT2D eigenvalue weighted by molar-refractivity contribution is 6.00. The molecule has 1 aromatic carbocycles. The van der Waals surface area contributed by atoms with E-state index in [1.54, 1.807) is 0 Å². The SMILES string of the molecule is CNC1CCN(C(=O)c2ccccc2-c2nc(C(C)C)no2)CC1.Cl. The van der Waals surface area contributed by atoms with E-state index in [1.807, 2.05) is 50.1 Å². The lowest BCUT2D eigenvalue weighted by Gasteiger charge is -2.32. The minimum Gasteiger partial charge on any atom is -0.339 e. The number of halogens is 1. The maximum atomic E-state index is 12.9. The highest BCUT2D eigenvalue weighted by Crippen LogP contribution is 2.25. The van der Waals surface area contributed by atoms with E-state index < -0.39 is 0 Å². The molecule has 25 heavy (non-hydrogen) atoms. The minimum atomic E-state index is 0. The van der Waals surface area contributed by atoms with Crippen molar-refractivity contribution in [2.45, 2.75) is 38.6 Å². The molecule has 1 amide bonds. The molecule has 136 valence electrons. The second-order valence-electron chi connectivity index (χ2n) is 6.51. The molecule has 0 radical (unpaired) electrons. The van der Waals surface area contributed by atoms with Gasteiger partial charge in [0.15, 0.2) is 5.82 Å². The number of nitrogens with zero attached hydrogens (tertiary/aromatic N) is 3. The van der Waals surface area contributed by atoms with Crippen LogP contribution >= 0.6 is 12.4 Å². The van der Waals surface area contributed by atoms with Crippen LogP contribution in [-0.2, 0) is 0 Å². The molecule has 1 aromatic heterocycles. The first-order valence-electron chi connectivity index (χ1n) is 8.49. The summed E-state index contributed by atoms with van der Waals surface area (Å²) < 4.78 is 5.38. The van der Waals surface area contributed by atoms with Crippen LogP contribution in [0.3, 0.4) is 0 Å². The zero-order valence-electron chi connectivity index (χ0n) is 14.9. The fraction of sp³-hybridized carbons (Fsp3) is 0.500. The Hall–Kier alpha value is -1.92. The van der Waals surface area contributed by atoms with Crippen LogP contribution in [0.25, 0.3) is 11.5 Å². The zero-order chi connectivity index (χ0) is 17.1. The summed E-state index contributed by atoms with van der Waals surface area (Å²) in [6, 6.07) is 7.95. The summed E-state index contributed by atoms with van der Waals surface area (Å²) in [4.78, 5) is 19.3. The van der Waals surface area contributed by atoms with Crippen LogP contribution < -0.4 is 5.32 Å². The molecule has 1 aliphatic rings. The number of hydrogen-bond donors (Lipinski definition) is 1. The predicted octanol–water partition coefficient (Wildman–Crippen LogP) is 3.11. The van der Waals surface area contributed by atoms with Crippen molar-refractivity contribution in [1.82, 2.24) is 20.4 Å². The molecule has 1 fully saturated rings. The summed E-state index contributed by atoms with van der Waals surface area (Å²) in [7, 11) is 1.97. The fourth-order valence-corrected chi connectivity index (χ4v) is 2.98. The van der Waals surface area contributed by atoms with E-state index >= 15 is 0 Å². The standard InChI is InChI=1S/C18H24N4O2.ClH/c1-12(2)16-20-17(24-21-16)14-6-4-5-7-15(14)18(23)22-10-8-13(19-3)9-11-22;/h4-7,12-13,19H,8-11H2,1-3H3;1H. The van der Waals surface area contributed by atoms with E-state index in [4.69, 9.17) is 4.52 Å². The summed E-state index contributed by atoms with van der Waals surface area (Å²) in [6.45, 7) is 5.55. The third-order valence-electron chi connectivity index (χ3n) is 4.54. The quantitative estimate of drug-likeness (QED) is 0.902. The van der Waals surface area contributed by atoms with E-state index in [9.17, 15) is 4.79 Å². The Labute approximate surface area is 154 Å². The molecule has 6 nitrogen and oxygen atoms in total. The van der Waals surface area contributed by atoms with Crippen LogP contribution in [-0.4, -0.2) is 47.1 Å². The number of hydrogen-bond acceptors (Lipinski definition) is 5. The first kappa shape index (κ1) is 19.4. The number of benzene rings is 1. The maximum absolute atomic E-state index is 12.9. The molecule has 1 N–H and O–H groups in total. The third kappa shape index (κ3) is 4.19. The largest absolute Gasteiger partial charge is 0.339 e. The van der Waals surface area contributed by atoms with Gasteiger partial charge in [0.25, 0.3) is 11.8 Å². The topological polar surface area (TPSA) is 71.3 Å². The van der Waals surface area contributed by atoms with Crippen molar-refractivity contribution in [3.8, 4) is 11.5 Å². The average Bonchev–Trinajstić information content (AvgIpc) is 3.11. The molecule has 2 heterocycles. The van der Waals surface area contributed by atoms with Gasteiger partial charge in [-0.2, -0.15) is 4.98 Å². The highest BCUT2D eigenvalue weighted by atomic mass is 35.5. The maximum Gasteiger partial charge on any atom is 0.258 e. The Morgan fingerprint density at radius 3 is 2.56 bits per heavy atom. The van der Waals surface area contributed by atoms with Gasteiger partial charge in [-0.15, -0.1) is 12.4 Å². The summed E-state index contributed by atoms with van der Waals surface area (Å²) in [5.41, 5.74) is 1.33. The van der Waals surface area contributed by atoms with Crippen molar-refractivity contribution >= 4 is 18.3 Å². The molecule has 1 saturated heterocycles. The summed E-state index contributed by atoms with van der Waals surface area (Å²) in [5, 5.41) is 7.29. The van der Waals surface area contributed by atoms with Crippen LogP contribution in [0.4, 0.5) is 0 Å². The van der Waals surface area contributed by atoms with Gasteiger partial charge in [-0.3, -0.25) is 4.79 Å². The summed E-state index contributed by atoms with van der Waals surface area (Å²) >= 11 is 0. The summed E-state index contributed by atoms with van der Waals surface area (Å²) in [6.07, 6.45) is 1.95. The molecule has 0 aliphatic carbocycles. The van der Waals surface area contributed by atoms with Crippen molar-refractivity contribution in [3.05, 3.63) is 35.7 Å². The molecule has 3 rings (SSSR count). The Morgan fingerprint density at radius 1 is 1.28 bits per heavy atom. The number of rotatable bonds is 4. The third-order valence-corrected chi connectivity index (χ3v) is 4.54. The molecule has 0 unspecified atom stereocenters. The molecule has 1 aliphatic heterocycles. The second-order valence-corrected chi connectivity index (χ2v) is 6.51. The number of piperidine rings is 1. The number of aromatic nitrogens is 2. The van der Waals surface area contributed by atoms with Crippen LogP contribution in [0.1, 0.15) is 48.8 Å². The van der Waals surface area contributed by atoms with Crippen LogP contribution in [0.15, 0.2) is 28.8 Å². The second kappa shape index (κ2) is 8.45. The molecule has 7 heteroatoms. The van der Waals surface area contributed by atoms with Crippen LogP contribution in [0.5, 0.6) is 0 Å². The van der Waals surface area contributed by atoms with Gasteiger partial charge in [0, 0.05) is 25.0 Å². The van der Waals surface area contributed by atoms with Crippen LogP contribution in [0, 0.1) is 0 Å². The molecule has 0 atom stereocenters. The zero-order valence-corrected chi connectivity index (χ0v) is 15.7. The van der Waals surface area contributed by atoms with Gasteiger partial charge in [0.05, 0.1) is 11.1 Å². The number of nitrogens with one attached hydrogen (secondary N) is 1. The van der Waals surface area contributed by atoms with Crippen molar-refractivity contribution < 1.29 is 9.32 Å². The lowest BCUT2D eigenvalue weighted by Crippen LogP contribution is -2.44. The molecule has 0 spiro atoms. The van der Waals surface area contributed by atoms with Gasteiger partial charge in [-0.1, -0.05) is 31.1 Å². The first-order chi connectivity index (χ1) is 11.6. The van der Waals surface area contributed by atoms with Crippen molar-refractivity contribution in [2.75, 3.05) is 20.1 Å². The van der Waals surface area contributed by atoms with Crippen molar-refractivity contribution in [1.29, 1.82) is 0 Å². The molecular formula is C18H25ClN4O2. The Kier molecular flexibility index (Phi) is 6.56. The predicted molar refractivity (Wildman–Crippen MR) is 99.1 cm³/mol. The lowest BCUT2D eigenvalue weighted by atomic mass is 10.0. The number of carbonyl (C=O) groups is 1. The first-order valence-corrected chi connectivity index (χ1v) is 8.49. The minimum absolute atomic E-state index is 0. The van der Waals surface area contributed by atoms with Gasteiger partial charge in [-0.25, -0.2) is 0 Å². The molecule has 2 aromatic rings. The van der Waals surface area contributed by atoms with Crippen LogP contribution in [0.2, 0.25) is 0 Å². The average molecular weight is 365 g/mol. The lowest BCUT2D eigenvalue weighted by molar-refractivity contribution is 0.0708. The van der Waals surface area contributed by atoms with E-state index in [0.717, 1.165) is 25.9 Å². The fourth-order valence-electron chi connectivity index (χ4n) is 2.98. The van der Waals surface area contributed by atoms with Gasteiger partial charge in [0.2, 0.25) is 0 Å². The smallest absolute Gasteiger partial charge is 0.258 e. The summed E-state index contributed by atoms with van der Waals surface area (Å²) in [5.74, 6) is 1.28. The van der Waals surface area contributed by atoms with Gasteiger partial charge in [0.1, 0.15) is 0 Å². The Morgan fingerprint density at radius 2 is 1.96 bits per heavy atom. The Balaban J connectivity index is 0.00000225. The molecule has 0 bridgehead atoms. The van der Waals surface area contributed by atoms with Crippen molar-refractivity contribution in [3.63, 3.8) is 0 Å². The number of carbonyl (C=O) groups excluding carboxylic acids is 1. The van der Waals surface area contributed by atoms with Crippen molar-refractivity contribution in [2.24, 2.45) is 0 Å². The van der Waals surface area contributed by atoms with E-state index in [1.165, 1.54) is 0 Å². The van der Waals surface area contributed by atoms with Gasteiger partial charge >= 0.3 is 0 Å². The van der Waals surface area contributed by atoms with E-state index in [-0.39, 0.29) is 24.2 Å². The number of likely N-dealkylation sites (tertiary alicyclic amines) is 1. The van der Waals surface area contributed by atoms with E-state index in [2.05, 4.69) is 15.5 Å². The molecular weight excluding hydrogens is 340 g/mol. The monoisotopic (exact) mass is 364 g/mol. The Bertz CT molecular complexity index is 709. The highest BCUT2D eigenvalue weighted by Gasteiger charge is 2.26.